The fourth-order valence-corrected chi connectivity index (χ4v) is 2.04. The molecule has 0 saturated carbocycles. The van der Waals surface area contributed by atoms with Crippen molar-refractivity contribution in [2.24, 2.45) is 5.73 Å². The van der Waals surface area contributed by atoms with Gasteiger partial charge in [0.1, 0.15) is 18.5 Å². The smallest absolute Gasteiger partial charge is 0.318 e. The first-order valence-corrected chi connectivity index (χ1v) is 7.39. The number of hydrogen-bond acceptors (Lipinski definition) is 4. The van der Waals surface area contributed by atoms with Gasteiger partial charge in [-0.25, -0.2) is 13.6 Å². The van der Waals surface area contributed by atoms with Gasteiger partial charge in [-0.1, -0.05) is 12.1 Å². The largest absolute Gasteiger partial charge is 0.486 e. The Labute approximate surface area is 143 Å². The second-order valence-electron chi connectivity index (χ2n) is 5.28. The van der Waals surface area contributed by atoms with Crippen LogP contribution in [-0.2, 0) is 11.4 Å². The number of urea groups is 1. The highest BCUT2D eigenvalue weighted by atomic mass is 19.1. The number of nitrogens with two attached hydrogens (primary N) is 1. The highest BCUT2D eigenvalue weighted by molar-refractivity contribution is 5.97. The molecule has 132 valence electrons. The van der Waals surface area contributed by atoms with Crippen LogP contribution in [0.15, 0.2) is 42.5 Å². The number of hydrogen-bond donors (Lipinski definition) is 3. The molecule has 0 radical (unpaired) electrons. The van der Waals surface area contributed by atoms with Crippen LogP contribution in [0.3, 0.4) is 0 Å². The molecule has 0 spiro atoms. The maximum atomic E-state index is 14.1. The highest BCUT2D eigenvalue weighted by Gasteiger charge is 2.15. The van der Waals surface area contributed by atoms with Crippen LogP contribution in [0.4, 0.5) is 19.3 Å². The molecular weight excluding hydrogens is 332 g/mol. The molecule has 2 aromatic rings. The van der Waals surface area contributed by atoms with Gasteiger partial charge in [0.15, 0.2) is 11.6 Å². The van der Waals surface area contributed by atoms with Crippen molar-refractivity contribution in [1.29, 1.82) is 0 Å². The van der Waals surface area contributed by atoms with Crippen molar-refractivity contribution in [2.45, 2.75) is 19.6 Å². The number of carbonyl (C=O) groups excluding carboxylic acids is 2. The normalized spacial score (nSPS) is 11.5. The summed E-state index contributed by atoms with van der Waals surface area (Å²) >= 11 is 0. The van der Waals surface area contributed by atoms with E-state index in [1.165, 1.54) is 37.3 Å². The molecule has 25 heavy (non-hydrogen) atoms. The van der Waals surface area contributed by atoms with Crippen molar-refractivity contribution in [1.82, 2.24) is 5.32 Å². The van der Waals surface area contributed by atoms with E-state index in [9.17, 15) is 18.4 Å². The van der Waals surface area contributed by atoms with Crippen molar-refractivity contribution >= 4 is 17.6 Å². The van der Waals surface area contributed by atoms with E-state index in [2.05, 4.69) is 5.32 Å². The Balaban J connectivity index is 1.98. The van der Waals surface area contributed by atoms with E-state index >= 15 is 0 Å². The second-order valence-corrected chi connectivity index (χ2v) is 5.28. The molecule has 0 aromatic heterocycles. The van der Waals surface area contributed by atoms with Crippen molar-refractivity contribution in [3.63, 3.8) is 0 Å². The summed E-state index contributed by atoms with van der Waals surface area (Å²) in [4.78, 5) is 22.2. The minimum absolute atomic E-state index is 0.0101. The minimum atomic E-state index is -0.967. The molecule has 0 fully saturated rings. The summed E-state index contributed by atoms with van der Waals surface area (Å²) in [5, 5.41) is 4.65. The zero-order chi connectivity index (χ0) is 18.4. The molecule has 0 heterocycles. The number of ether oxygens (including phenoxy) is 1. The maximum absolute atomic E-state index is 14.1. The van der Waals surface area contributed by atoms with E-state index in [1.54, 1.807) is 6.07 Å². The lowest BCUT2D eigenvalue weighted by Crippen LogP contribution is -2.43. The van der Waals surface area contributed by atoms with E-state index in [0.29, 0.717) is 11.3 Å². The SMILES string of the molecule is C[C@@H](Nc1ccc(OCc2cccc(F)c2)c(F)c1)C(=O)NC(N)=O. The molecule has 0 aliphatic rings. The van der Waals surface area contributed by atoms with Crippen LogP contribution in [0, 0.1) is 11.6 Å². The van der Waals surface area contributed by atoms with Gasteiger partial charge in [0.05, 0.1) is 0 Å². The Morgan fingerprint density at radius 1 is 1.20 bits per heavy atom. The summed E-state index contributed by atoms with van der Waals surface area (Å²) in [5.41, 5.74) is 5.75. The molecule has 1 atom stereocenters. The lowest BCUT2D eigenvalue weighted by molar-refractivity contribution is -0.120. The van der Waals surface area contributed by atoms with Crippen LogP contribution in [0.5, 0.6) is 5.75 Å². The first kappa shape index (κ1) is 18.2. The van der Waals surface area contributed by atoms with Gasteiger partial charge in [0.2, 0.25) is 5.91 Å². The number of halogens is 2. The lowest BCUT2D eigenvalue weighted by Gasteiger charge is -2.15. The van der Waals surface area contributed by atoms with E-state index in [0.717, 1.165) is 6.07 Å². The van der Waals surface area contributed by atoms with Gasteiger partial charge >= 0.3 is 6.03 Å². The van der Waals surface area contributed by atoms with Crippen molar-refractivity contribution in [2.75, 3.05) is 5.32 Å². The second kappa shape index (κ2) is 8.09. The first-order chi connectivity index (χ1) is 11.8. The van der Waals surface area contributed by atoms with Gasteiger partial charge < -0.3 is 15.8 Å². The Morgan fingerprint density at radius 2 is 1.96 bits per heavy atom. The monoisotopic (exact) mass is 349 g/mol. The third-order valence-electron chi connectivity index (χ3n) is 3.24. The number of imide groups is 1. The molecule has 0 aliphatic carbocycles. The van der Waals surface area contributed by atoms with E-state index in [4.69, 9.17) is 10.5 Å². The summed E-state index contributed by atoms with van der Waals surface area (Å²) in [6, 6.07) is 8.08. The number of rotatable bonds is 6. The van der Waals surface area contributed by atoms with Gasteiger partial charge in [-0.15, -0.1) is 0 Å². The predicted molar refractivity (Wildman–Crippen MR) is 87.9 cm³/mol. The Kier molecular flexibility index (Phi) is 5.89. The van der Waals surface area contributed by atoms with E-state index in [1.807, 2.05) is 5.32 Å². The molecule has 0 unspecified atom stereocenters. The maximum Gasteiger partial charge on any atom is 0.318 e. The van der Waals surface area contributed by atoms with Crippen LogP contribution in [0.2, 0.25) is 0 Å². The Hall–Kier alpha value is -3.16. The van der Waals surface area contributed by atoms with Gasteiger partial charge in [0, 0.05) is 11.8 Å². The average Bonchev–Trinajstić information content (AvgIpc) is 2.53. The first-order valence-electron chi connectivity index (χ1n) is 7.39. The van der Waals surface area contributed by atoms with E-state index in [-0.39, 0.29) is 12.4 Å². The zero-order valence-electron chi connectivity index (χ0n) is 13.4. The number of nitrogens with one attached hydrogen (secondary N) is 2. The number of benzene rings is 2. The summed E-state index contributed by atoms with van der Waals surface area (Å²) in [7, 11) is 0. The van der Waals surface area contributed by atoms with Gasteiger partial charge in [-0.05, 0) is 36.8 Å². The molecule has 0 saturated heterocycles. The zero-order valence-corrected chi connectivity index (χ0v) is 13.4. The summed E-state index contributed by atoms with van der Waals surface area (Å²) in [5.74, 6) is -1.70. The lowest BCUT2D eigenvalue weighted by atomic mass is 10.2. The van der Waals surface area contributed by atoms with Crippen molar-refractivity contribution < 1.29 is 23.1 Å². The molecule has 6 nitrogen and oxygen atoms in total. The summed E-state index contributed by atoms with van der Waals surface area (Å²) < 4.78 is 32.5. The standard InChI is InChI=1S/C17H17F2N3O3/c1-10(16(23)22-17(20)24)21-13-5-6-15(14(19)8-13)25-9-11-3-2-4-12(18)7-11/h2-8,10,21H,9H2,1H3,(H3,20,22,23,24)/t10-/m1/s1. The fraction of sp³-hybridized carbons (Fsp3) is 0.176. The van der Waals surface area contributed by atoms with Gasteiger partial charge in [0.25, 0.3) is 0 Å². The Morgan fingerprint density at radius 3 is 2.60 bits per heavy atom. The summed E-state index contributed by atoms with van der Waals surface area (Å²) in [6.07, 6.45) is 0. The number of carbonyl (C=O) groups is 2. The van der Waals surface area contributed by atoms with E-state index < -0.39 is 29.6 Å². The summed E-state index contributed by atoms with van der Waals surface area (Å²) in [6.45, 7) is 1.50. The van der Waals surface area contributed by atoms with Crippen molar-refractivity contribution in [3.05, 3.63) is 59.7 Å². The van der Waals surface area contributed by atoms with Crippen molar-refractivity contribution in [3.8, 4) is 5.75 Å². The van der Waals surface area contributed by atoms with Crippen LogP contribution in [0.25, 0.3) is 0 Å². The molecule has 2 aromatic carbocycles. The number of primary amides is 1. The highest BCUT2D eigenvalue weighted by Crippen LogP contribution is 2.22. The quantitative estimate of drug-likeness (QED) is 0.747. The molecular formula is C17H17F2N3O3. The predicted octanol–water partition coefficient (Wildman–Crippen LogP) is 2.54. The molecule has 2 rings (SSSR count). The van der Waals surface area contributed by atoms with Crippen LogP contribution in [-0.4, -0.2) is 18.0 Å². The topological polar surface area (TPSA) is 93.4 Å². The third kappa shape index (κ3) is 5.45. The van der Waals surface area contributed by atoms with Crippen LogP contribution < -0.4 is 21.1 Å². The fourth-order valence-electron chi connectivity index (χ4n) is 2.04. The molecule has 0 aliphatic heterocycles. The molecule has 4 N–H and O–H groups in total. The van der Waals surface area contributed by atoms with Crippen LogP contribution >= 0.6 is 0 Å². The number of amides is 3. The van der Waals surface area contributed by atoms with Gasteiger partial charge in [-0.2, -0.15) is 0 Å². The van der Waals surface area contributed by atoms with Gasteiger partial charge in [-0.3, -0.25) is 10.1 Å². The minimum Gasteiger partial charge on any atom is -0.486 e. The van der Waals surface area contributed by atoms with Crippen LogP contribution in [0.1, 0.15) is 12.5 Å². The molecule has 0 bridgehead atoms. The third-order valence-corrected chi connectivity index (χ3v) is 3.24. The molecule has 8 heteroatoms. The number of anilines is 1. The average molecular weight is 349 g/mol. The Bertz CT molecular complexity index is 783. The molecule has 3 amide bonds.